The molecule has 0 aliphatic heterocycles. The number of hydrogen-bond acceptors (Lipinski definition) is 7. The SMILES string of the molecule is CC/C=C/C/C=C/C/C=C/C/C=C/C/C=C/C/C=C/CCC(=O)OCC(COCCC(C(=O)[O-])[N+](C)(C)C)OC(=O)CCCCCCCCCCCCC. The van der Waals surface area contributed by atoms with Gasteiger partial charge in [-0.2, -0.15) is 0 Å². The summed E-state index contributed by atoms with van der Waals surface area (Å²) in [6.45, 7) is 4.44. The van der Waals surface area contributed by atoms with Gasteiger partial charge in [-0.05, 0) is 51.4 Å². The summed E-state index contributed by atoms with van der Waals surface area (Å²) in [5.74, 6) is -1.85. The average molecular weight is 756 g/mol. The molecule has 0 fully saturated rings. The van der Waals surface area contributed by atoms with Gasteiger partial charge in [0.2, 0.25) is 0 Å². The number of carbonyl (C=O) groups is 3. The first-order chi connectivity index (χ1) is 26.1. The van der Waals surface area contributed by atoms with Crippen LogP contribution in [-0.4, -0.2) is 75.5 Å². The van der Waals surface area contributed by atoms with Crippen LogP contribution in [0.15, 0.2) is 72.9 Å². The van der Waals surface area contributed by atoms with Gasteiger partial charge in [-0.3, -0.25) is 9.59 Å². The van der Waals surface area contributed by atoms with E-state index in [9.17, 15) is 19.5 Å². The minimum absolute atomic E-state index is 0.0152. The van der Waals surface area contributed by atoms with E-state index < -0.39 is 18.1 Å². The van der Waals surface area contributed by atoms with Gasteiger partial charge < -0.3 is 28.6 Å². The molecule has 0 bridgehead atoms. The van der Waals surface area contributed by atoms with Crippen LogP contribution in [0.4, 0.5) is 0 Å². The van der Waals surface area contributed by atoms with E-state index in [0.717, 1.165) is 57.8 Å². The maximum Gasteiger partial charge on any atom is 0.306 e. The first kappa shape index (κ1) is 50.8. The number of carboxylic acid groups (broad SMARTS) is 1. The smallest absolute Gasteiger partial charge is 0.306 e. The van der Waals surface area contributed by atoms with Crippen molar-refractivity contribution in [3.8, 4) is 0 Å². The van der Waals surface area contributed by atoms with Crippen LogP contribution in [0.25, 0.3) is 0 Å². The topological polar surface area (TPSA) is 102 Å². The Morgan fingerprint density at radius 1 is 0.574 bits per heavy atom. The number of allylic oxidation sites excluding steroid dienone is 12. The zero-order valence-corrected chi connectivity index (χ0v) is 34.9. The van der Waals surface area contributed by atoms with Gasteiger partial charge in [0.25, 0.3) is 0 Å². The molecule has 0 aromatic heterocycles. The van der Waals surface area contributed by atoms with Crippen LogP contribution in [0.1, 0.15) is 149 Å². The normalized spacial score (nSPS) is 13.7. The van der Waals surface area contributed by atoms with Crippen molar-refractivity contribution in [2.75, 3.05) is 41.0 Å². The Hall–Kier alpha value is -3.23. The molecule has 8 heteroatoms. The summed E-state index contributed by atoms with van der Waals surface area (Å²) in [4.78, 5) is 36.7. The predicted molar refractivity (Wildman–Crippen MR) is 222 cm³/mol. The second-order valence-corrected chi connectivity index (χ2v) is 14.8. The Morgan fingerprint density at radius 3 is 1.50 bits per heavy atom. The second kappa shape index (κ2) is 36.7. The van der Waals surface area contributed by atoms with Crippen LogP contribution in [0.3, 0.4) is 0 Å². The fourth-order valence-corrected chi connectivity index (χ4v) is 5.62. The van der Waals surface area contributed by atoms with Gasteiger partial charge in [0.15, 0.2) is 6.10 Å². The summed E-state index contributed by atoms with van der Waals surface area (Å²) < 4.78 is 17.0. The van der Waals surface area contributed by atoms with Crippen LogP contribution in [0.2, 0.25) is 0 Å². The summed E-state index contributed by atoms with van der Waals surface area (Å²) in [6, 6.07) is -0.737. The monoisotopic (exact) mass is 756 g/mol. The van der Waals surface area contributed by atoms with Gasteiger partial charge in [0.05, 0.1) is 40.3 Å². The highest BCUT2D eigenvalue weighted by atomic mass is 16.6. The largest absolute Gasteiger partial charge is 0.544 e. The lowest BCUT2D eigenvalue weighted by atomic mass is 10.1. The molecule has 0 rings (SSSR count). The first-order valence-electron chi connectivity index (χ1n) is 21.0. The van der Waals surface area contributed by atoms with Gasteiger partial charge >= 0.3 is 11.9 Å². The number of esters is 2. The molecule has 0 spiro atoms. The molecule has 0 aliphatic carbocycles. The number of likely N-dealkylation sites (N-methyl/N-ethyl adjacent to an activating group) is 1. The van der Waals surface area contributed by atoms with Gasteiger partial charge in [-0.1, -0.05) is 151 Å². The van der Waals surface area contributed by atoms with Crippen LogP contribution in [0, 0.1) is 0 Å². The number of unbranched alkanes of at least 4 members (excludes halogenated alkanes) is 10. The number of nitrogens with zero attached hydrogens (tertiary/aromatic N) is 1. The second-order valence-electron chi connectivity index (χ2n) is 14.8. The Bertz CT molecular complexity index is 1110. The van der Waals surface area contributed by atoms with Crippen molar-refractivity contribution in [3.63, 3.8) is 0 Å². The van der Waals surface area contributed by atoms with Gasteiger partial charge in [-0.15, -0.1) is 0 Å². The number of hydrogen-bond donors (Lipinski definition) is 0. The van der Waals surface area contributed by atoms with Crippen molar-refractivity contribution >= 4 is 17.9 Å². The summed E-state index contributed by atoms with van der Waals surface area (Å²) in [6.07, 6.45) is 45.1. The molecule has 0 aromatic rings. The van der Waals surface area contributed by atoms with Crippen molar-refractivity contribution in [2.24, 2.45) is 0 Å². The third-order valence-corrected chi connectivity index (χ3v) is 8.87. The quantitative estimate of drug-likeness (QED) is 0.0272. The van der Waals surface area contributed by atoms with E-state index >= 15 is 0 Å². The van der Waals surface area contributed by atoms with Crippen molar-refractivity contribution in [1.82, 2.24) is 0 Å². The maximum atomic E-state index is 12.6. The van der Waals surface area contributed by atoms with Gasteiger partial charge in [0, 0.05) is 19.3 Å². The lowest BCUT2D eigenvalue weighted by Crippen LogP contribution is -2.55. The Kier molecular flexibility index (Phi) is 34.5. The number of carbonyl (C=O) groups excluding carboxylic acids is 3. The first-order valence-corrected chi connectivity index (χ1v) is 21.0. The van der Waals surface area contributed by atoms with Crippen molar-refractivity contribution in [1.29, 1.82) is 0 Å². The van der Waals surface area contributed by atoms with Crippen molar-refractivity contribution < 1.29 is 38.2 Å². The number of aliphatic carboxylic acids is 1. The number of carboxylic acids is 1. The van der Waals surface area contributed by atoms with E-state index in [4.69, 9.17) is 14.2 Å². The van der Waals surface area contributed by atoms with E-state index in [1.165, 1.54) is 51.4 Å². The molecule has 0 amide bonds. The summed E-state index contributed by atoms with van der Waals surface area (Å²) in [5, 5.41) is 11.6. The molecule has 0 saturated heterocycles. The lowest BCUT2D eigenvalue weighted by Gasteiger charge is -2.34. The molecule has 0 radical (unpaired) electrons. The lowest BCUT2D eigenvalue weighted by molar-refractivity contribution is -0.889. The van der Waals surface area contributed by atoms with Gasteiger partial charge in [0.1, 0.15) is 12.6 Å². The highest BCUT2D eigenvalue weighted by Gasteiger charge is 2.25. The van der Waals surface area contributed by atoms with Crippen LogP contribution in [-0.2, 0) is 28.6 Å². The number of ether oxygens (including phenoxy) is 3. The molecule has 308 valence electrons. The van der Waals surface area contributed by atoms with E-state index in [-0.39, 0.29) is 49.1 Å². The fraction of sp³-hybridized carbons (Fsp3) is 0.674. The molecular weight excluding hydrogens is 679 g/mol. The fourth-order valence-electron chi connectivity index (χ4n) is 5.62. The summed E-state index contributed by atoms with van der Waals surface area (Å²) >= 11 is 0. The van der Waals surface area contributed by atoms with E-state index in [2.05, 4.69) is 74.6 Å². The Balaban J connectivity index is 4.48. The molecule has 0 aliphatic rings. The standard InChI is InChI=1S/C46H77NO7/c1-6-8-10-12-14-16-18-19-20-21-22-23-24-25-27-28-30-32-34-36-44(48)53-41-42(40-52-39-38-43(46(50)51)47(3,4)5)54-45(49)37-35-33-31-29-26-17-15-13-11-9-7-2/h8,10,14,16,19-20,22-23,25,27,30,32,42-43H,6-7,9,11-13,15,17-18,21,24,26,28-29,31,33-41H2,1-5H3/b10-8+,16-14+,20-19+,23-22+,27-25+,32-30+. The van der Waals surface area contributed by atoms with Gasteiger partial charge in [-0.25, -0.2) is 0 Å². The molecule has 0 heterocycles. The van der Waals surface area contributed by atoms with E-state index in [0.29, 0.717) is 12.8 Å². The van der Waals surface area contributed by atoms with Crippen LogP contribution < -0.4 is 5.11 Å². The Labute approximate surface area is 330 Å². The van der Waals surface area contributed by atoms with Crippen LogP contribution >= 0.6 is 0 Å². The molecule has 0 N–H and O–H groups in total. The zero-order valence-electron chi connectivity index (χ0n) is 34.9. The molecule has 0 aromatic carbocycles. The molecule has 0 saturated carbocycles. The van der Waals surface area contributed by atoms with E-state index in [1.54, 1.807) is 21.1 Å². The molecule has 8 nitrogen and oxygen atoms in total. The van der Waals surface area contributed by atoms with Crippen molar-refractivity contribution in [2.45, 2.75) is 161 Å². The molecular formula is C46H77NO7. The van der Waals surface area contributed by atoms with Crippen LogP contribution in [0.5, 0.6) is 0 Å². The number of rotatable bonds is 36. The van der Waals surface area contributed by atoms with Crippen molar-refractivity contribution in [3.05, 3.63) is 72.9 Å². The minimum atomic E-state index is -1.14. The highest BCUT2D eigenvalue weighted by Crippen LogP contribution is 2.13. The molecule has 2 atom stereocenters. The third kappa shape index (κ3) is 34.5. The third-order valence-electron chi connectivity index (χ3n) is 8.87. The predicted octanol–water partition coefficient (Wildman–Crippen LogP) is 9.85. The zero-order chi connectivity index (χ0) is 40.0. The number of quaternary nitrogens is 1. The minimum Gasteiger partial charge on any atom is -0.544 e. The molecule has 2 unspecified atom stereocenters. The molecule has 54 heavy (non-hydrogen) atoms. The summed E-state index contributed by atoms with van der Waals surface area (Å²) in [5.41, 5.74) is 0. The Morgan fingerprint density at radius 2 is 1.04 bits per heavy atom. The average Bonchev–Trinajstić information content (AvgIpc) is 3.12. The van der Waals surface area contributed by atoms with E-state index in [1.807, 2.05) is 12.2 Å². The highest BCUT2D eigenvalue weighted by molar-refractivity contribution is 5.70. The maximum absolute atomic E-state index is 12.6. The summed E-state index contributed by atoms with van der Waals surface area (Å²) in [7, 11) is 5.37.